The van der Waals surface area contributed by atoms with Crippen LogP contribution >= 0.6 is 0 Å². The number of unbranched alkanes of at least 4 members (excludes halogenated alkanes) is 11. The van der Waals surface area contributed by atoms with Gasteiger partial charge in [0.15, 0.2) is 0 Å². The molecule has 0 aromatic carbocycles. The molecule has 0 radical (unpaired) electrons. The summed E-state index contributed by atoms with van der Waals surface area (Å²) in [6.45, 7) is 2.34. The van der Waals surface area contributed by atoms with E-state index in [2.05, 4.69) is 12.2 Å². The van der Waals surface area contributed by atoms with Gasteiger partial charge in [-0.25, -0.2) is 4.79 Å². The van der Waals surface area contributed by atoms with Crippen molar-refractivity contribution in [1.82, 2.24) is 5.32 Å². The van der Waals surface area contributed by atoms with Crippen LogP contribution in [0.15, 0.2) is 0 Å². The molecule has 4 heteroatoms. The molecule has 0 saturated carbocycles. The van der Waals surface area contributed by atoms with Crippen LogP contribution in [0.5, 0.6) is 0 Å². The Hall–Kier alpha value is -0.770. The lowest BCUT2D eigenvalue weighted by Gasteiger charge is -2.05. The summed E-state index contributed by atoms with van der Waals surface area (Å²) >= 11 is 0. The summed E-state index contributed by atoms with van der Waals surface area (Å²) in [6, 6.07) is 0. The first-order valence-corrected chi connectivity index (χ1v) is 8.32. The number of hydrogen-bond donors (Lipinski definition) is 2. The Morgan fingerprint density at radius 3 is 1.75 bits per heavy atom. The lowest BCUT2D eigenvalue weighted by molar-refractivity contribution is 0.131. The fourth-order valence-electron chi connectivity index (χ4n) is 2.22. The van der Waals surface area contributed by atoms with Gasteiger partial charge in [-0.2, -0.15) is 0 Å². The molecule has 0 saturated heterocycles. The second-order valence-electron chi connectivity index (χ2n) is 5.36. The van der Waals surface area contributed by atoms with E-state index in [1.165, 1.54) is 64.2 Å². The Labute approximate surface area is 124 Å². The van der Waals surface area contributed by atoms with E-state index < -0.39 is 6.09 Å². The van der Waals surface area contributed by atoms with Crippen LogP contribution in [0.1, 0.15) is 84.0 Å². The minimum Gasteiger partial charge on any atom is -0.450 e. The monoisotopic (exact) mass is 287 g/mol. The van der Waals surface area contributed by atoms with E-state index >= 15 is 0 Å². The van der Waals surface area contributed by atoms with Gasteiger partial charge in [-0.15, -0.1) is 0 Å². The van der Waals surface area contributed by atoms with Gasteiger partial charge in [-0.1, -0.05) is 77.6 Å². The van der Waals surface area contributed by atoms with E-state index in [9.17, 15) is 4.79 Å². The molecule has 2 N–H and O–H groups in total. The molecule has 0 aromatic rings. The predicted molar refractivity (Wildman–Crippen MR) is 82.6 cm³/mol. The number of ether oxygens (including phenoxy) is 1. The molecule has 0 aliphatic heterocycles. The Morgan fingerprint density at radius 1 is 0.850 bits per heavy atom. The van der Waals surface area contributed by atoms with Crippen molar-refractivity contribution >= 4 is 6.09 Å². The van der Waals surface area contributed by atoms with Crippen LogP contribution in [0, 0.1) is 0 Å². The Bertz CT molecular complexity index is 210. The molecule has 0 spiro atoms. The van der Waals surface area contributed by atoms with Gasteiger partial charge in [0.25, 0.3) is 0 Å². The van der Waals surface area contributed by atoms with E-state index in [0.717, 1.165) is 12.8 Å². The molecule has 0 rings (SSSR count). The molecule has 0 unspecified atom stereocenters. The number of nitrogens with one attached hydrogen (secondary N) is 1. The first kappa shape index (κ1) is 19.2. The second-order valence-corrected chi connectivity index (χ2v) is 5.36. The highest BCUT2D eigenvalue weighted by atomic mass is 16.5. The third-order valence-corrected chi connectivity index (χ3v) is 3.45. The normalized spacial score (nSPS) is 10.5. The van der Waals surface area contributed by atoms with Crippen LogP contribution in [0.25, 0.3) is 0 Å². The summed E-state index contributed by atoms with van der Waals surface area (Å²) < 4.78 is 4.86. The van der Waals surface area contributed by atoms with Crippen molar-refractivity contribution in [2.24, 2.45) is 0 Å². The summed E-state index contributed by atoms with van der Waals surface area (Å²) in [5, 5.41) is 10.6. The maximum absolute atomic E-state index is 10.9. The fraction of sp³-hybridized carbons (Fsp3) is 0.938. The fourth-order valence-corrected chi connectivity index (χ4v) is 2.22. The number of amides is 1. The van der Waals surface area contributed by atoms with E-state index in [0.29, 0.717) is 6.61 Å². The Kier molecular flexibility index (Phi) is 15.7. The lowest BCUT2D eigenvalue weighted by atomic mass is 10.1. The van der Waals surface area contributed by atoms with Gasteiger partial charge in [0.2, 0.25) is 0 Å². The van der Waals surface area contributed by atoms with Crippen molar-refractivity contribution in [3.8, 4) is 0 Å². The Balaban J connectivity index is 3.01. The van der Waals surface area contributed by atoms with Crippen LogP contribution in [0.2, 0.25) is 0 Å². The van der Waals surface area contributed by atoms with Crippen LogP contribution < -0.4 is 5.32 Å². The molecule has 0 atom stereocenters. The summed E-state index contributed by atoms with van der Waals surface area (Å²) in [4.78, 5) is 10.9. The zero-order valence-electron chi connectivity index (χ0n) is 13.2. The number of carbonyl (C=O) groups excluding carboxylic acids is 1. The average Bonchev–Trinajstić information content (AvgIpc) is 2.44. The highest BCUT2D eigenvalue weighted by molar-refractivity contribution is 5.66. The van der Waals surface area contributed by atoms with Gasteiger partial charge >= 0.3 is 6.09 Å². The third kappa shape index (κ3) is 15.3. The molecule has 20 heavy (non-hydrogen) atoms. The van der Waals surface area contributed by atoms with Gasteiger partial charge in [0.1, 0.15) is 6.73 Å². The summed E-state index contributed by atoms with van der Waals surface area (Å²) in [5.74, 6) is 0. The molecule has 0 aliphatic carbocycles. The smallest absolute Gasteiger partial charge is 0.408 e. The van der Waals surface area contributed by atoms with Gasteiger partial charge in [-0.05, 0) is 6.42 Å². The number of hydrogen-bond acceptors (Lipinski definition) is 3. The number of aliphatic hydroxyl groups is 1. The Morgan fingerprint density at radius 2 is 1.30 bits per heavy atom. The van der Waals surface area contributed by atoms with E-state index in [4.69, 9.17) is 9.84 Å². The minimum absolute atomic E-state index is 0.364. The van der Waals surface area contributed by atoms with Crippen molar-refractivity contribution in [3.63, 3.8) is 0 Å². The number of carbonyl (C=O) groups is 1. The lowest BCUT2D eigenvalue weighted by Crippen LogP contribution is -2.25. The first-order valence-electron chi connectivity index (χ1n) is 8.32. The minimum atomic E-state index is -0.532. The average molecular weight is 287 g/mol. The zero-order valence-corrected chi connectivity index (χ0v) is 13.2. The van der Waals surface area contributed by atoms with Crippen molar-refractivity contribution in [2.45, 2.75) is 84.0 Å². The highest BCUT2D eigenvalue weighted by Gasteiger charge is 1.98. The maximum Gasteiger partial charge on any atom is 0.408 e. The molecule has 0 fully saturated rings. The number of rotatable bonds is 14. The van der Waals surface area contributed by atoms with Crippen molar-refractivity contribution < 1.29 is 14.6 Å². The molecule has 0 aliphatic rings. The van der Waals surface area contributed by atoms with Gasteiger partial charge in [0.05, 0.1) is 6.61 Å². The van der Waals surface area contributed by atoms with Crippen LogP contribution in [-0.2, 0) is 4.74 Å². The van der Waals surface area contributed by atoms with Gasteiger partial charge in [-0.3, -0.25) is 5.32 Å². The SMILES string of the molecule is CCCCCCCCCCCCCCOC(=O)NCO. The summed E-state index contributed by atoms with van der Waals surface area (Å²) in [7, 11) is 0. The number of alkyl carbamates (subject to hydrolysis) is 1. The standard InChI is InChI=1S/C16H33NO3/c1-2-3-4-5-6-7-8-9-10-11-12-13-14-20-16(19)17-15-18/h18H,2-15H2,1H3,(H,17,19). The molecule has 0 heterocycles. The second kappa shape index (κ2) is 16.3. The zero-order chi connectivity index (χ0) is 14.9. The first-order chi connectivity index (χ1) is 9.81. The summed E-state index contributed by atoms with van der Waals surface area (Å²) in [6.07, 6.45) is 15.0. The molecular weight excluding hydrogens is 254 g/mol. The molecule has 120 valence electrons. The van der Waals surface area contributed by atoms with E-state index in [1.807, 2.05) is 0 Å². The van der Waals surface area contributed by atoms with E-state index in [1.54, 1.807) is 0 Å². The topological polar surface area (TPSA) is 58.6 Å². The van der Waals surface area contributed by atoms with Crippen molar-refractivity contribution in [1.29, 1.82) is 0 Å². The maximum atomic E-state index is 10.9. The summed E-state index contributed by atoms with van der Waals surface area (Å²) in [5.41, 5.74) is 0. The molecule has 0 aromatic heterocycles. The van der Waals surface area contributed by atoms with Crippen LogP contribution in [-0.4, -0.2) is 24.5 Å². The van der Waals surface area contributed by atoms with Crippen molar-refractivity contribution in [2.75, 3.05) is 13.3 Å². The molecule has 1 amide bonds. The van der Waals surface area contributed by atoms with Crippen LogP contribution in [0.4, 0.5) is 4.79 Å². The van der Waals surface area contributed by atoms with Gasteiger partial charge < -0.3 is 9.84 Å². The largest absolute Gasteiger partial charge is 0.450 e. The van der Waals surface area contributed by atoms with Gasteiger partial charge in [0, 0.05) is 0 Å². The molecule has 4 nitrogen and oxygen atoms in total. The number of aliphatic hydroxyl groups excluding tert-OH is 1. The third-order valence-electron chi connectivity index (χ3n) is 3.45. The predicted octanol–water partition coefficient (Wildman–Crippen LogP) is 4.36. The molecule has 0 bridgehead atoms. The van der Waals surface area contributed by atoms with E-state index in [-0.39, 0.29) is 6.73 Å². The quantitative estimate of drug-likeness (QED) is 0.368. The molecular formula is C16H33NO3. The van der Waals surface area contributed by atoms with Crippen LogP contribution in [0.3, 0.4) is 0 Å². The van der Waals surface area contributed by atoms with Crippen molar-refractivity contribution in [3.05, 3.63) is 0 Å². The highest BCUT2D eigenvalue weighted by Crippen LogP contribution is 2.11.